The molecule has 0 atom stereocenters. The van der Waals surface area contributed by atoms with E-state index in [9.17, 15) is 9.59 Å². The van der Waals surface area contributed by atoms with Crippen LogP contribution in [0.2, 0.25) is 0 Å². The molecule has 3 heteroatoms. The third kappa shape index (κ3) is 2.17. The first kappa shape index (κ1) is 9.96. The second-order valence-corrected chi connectivity index (χ2v) is 3.53. The van der Waals surface area contributed by atoms with Gasteiger partial charge in [0.1, 0.15) is 5.57 Å². The van der Waals surface area contributed by atoms with Crippen molar-refractivity contribution in [1.29, 1.82) is 0 Å². The van der Waals surface area contributed by atoms with Crippen LogP contribution in [0.4, 0.5) is 0 Å². The van der Waals surface area contributed by atoms with Gasteiger partial charge in [-0.05, 0) is 27.2 Å². The Kier molecular flexibility index (Phi) is 2.86. The van der Waals surface area contributed by atoms with Gasteiger partial charge in [-0.3, -0.25) is 4.79 Å². The lowest BCUT2D eigenvalue weighted by Gasteiger charge is -2.08. The number of ketones is 1. The quantitative estimate of drug-likeness (QED) is 0.481. The highest BCUT2D eigenvalue weighted by Crippen LogP contribution is 2.23. The number of carbonyl (C=O) groups is 2. The van der Waals surface area contributed by atoms with Gasteiger partial charge in [-0.25, -0.2) is 4.79 Å². The second-order valence-electron chi connectivity index (χ2n) is 3.53. The number of allylic oxidation sites excluding steroid dienone is 1. The van der Waals surface area contributed by atoms with E-state index in [0.717, 1.165) is 5.57 Å². The predicted octanol–water partition coefficient (Wildman–Crippen LogP) is 1.62. The summed E-state index contributed by atoms with van der Waals surface area (Å²) in [5.74, 6) is -0.543. The van der Waals surface area contributed by atoms with Crippen LogP contribution in [-0.4, -0.2) is 17.9 Å². The molecule has 0 fully saturated rings. The lowest BCUT2D eigenvalue weighted by atomic mass is 10.2. The summed E-state index contributed by atoms with van der Waals surface area (Å²) in [5.41, 5.74) is 1.13. The molecule has 0 saturated carbocycles. The van der Waals surface area contributed by atoms with Crippen molar-refractivity contribution < 1.29 is 14.3 Å². The normalized spacial score (nSPS) is 17.1. The summed E-state index contributed by atoms with van der Waals surface area (Å²) in [6.45, 7) is 5.35. The molecule has 0 saturated heterocycles. The highest BCUT2D eigenvalue weighted by molar-refractivity contribution is 6.19. The van der Waals surface area contributed by atoms with Gasteiger partial charge in [-0.2, -0.15) is 0 Å². The van der Waals surface area contributed by atoms with Crippen LogP contribution >= 0.6 is 0 Å². The van der Waals surface area contributed by atoms with Crippen LogP contribution in [0.15, 0.2) is 11.1 Å². The maximum absolute atomic E-state index is 11.4. The van der Waals surface area contributed by atoms with Crippen molar-refractivity contribution in [2.75, 3.05) is 0 Å². The molecule has 13 heavy (non-hydrogen) atoms. The predicted molar refractivity (Wildman–Crippen MR) is 48.2 cm³/mol. The van der Waals surface area contributed by atoms with Gasteiger partial charge in [0.15, 0.2) is 5.78 Å². The standard InChI is InChI=1S/C10H14O3/c1-6(2)13-10(12)9-7(3)4-5-8(9)11/h6H,4-5H2,1-3H3. The number of rotatable bonds is 2. The molecule has 1 aliphatic rings. The third-order valence-electron chi connectivity index (χ3n) is 1.98. The summed E-state index contributed by atoms with van der Waals surface area (Å²) in [7, 11) is 0. The lowest BCUT2D eigenvalue weighted by Crippen LogP contribution is -2.17. The summed E-state index contributed by atoms with van der Waals surface area (Å²) >= 11 is 0. The number of ether oxygens (including phenoxy) is 1. The van der Waals surface area contributed by atoms with Crippen molar-refractivity contribution in [1.82, 2.24) is 0 Å². The van der Waals surface area contributed by atoms with E-state index in [0.29, 0.717) is 12.8 Å². The van der Waals surface area contributed by atoms with E-state index in [1.165, 1.54) is 0 Å². The number of hydrogen-bond acceptors (Lipinski definition) is 3. The minimum atomic E-state index is -0.463. The molecule has 3 nitrogen and oxygen atoms in total. The van der Waals surface area contributed by atoms with Crippen molar-refractivity contribution in [3.63, 3.8) is 0 Å². The van der Waals surface area contributed by atoms with Gasteiger partial charge in [-0.1, -0.05) is 5.57 Å². The van der Waals surface area contributed by atoms with Crippen molar-refractivity contribution >= 4 is 11.8 Å². The van der Waals surface area contributed by atoms with E-state index in [4.69, 9.17) is 4.74 Å². The molecular weight excluding hydrogens is 168 g/mol. The summed E-state index contributed by atoms with van der Waals surface area (Å²) in [5, 5.41) is 0. The SMILES string of the molecule is CC1=C(C(=O)OC(C)C)C(=O)CC1. The van der Waals surface area contributed by atoms with Gasteiger partial charge >= 0.3 is 5.97 Å². The zero-order chi connectivity index (χ0) is 10.0. The van der Waals surface area contributed by atoms with E-state index >= 15 is 0 Å². The van der Waals surface area contributed by atoms with Gasteiger partial charge in [0.25, 0.3) is 0 Å². The van der Waals surface area contributed by atoms with Crippen molar-refractivity contribution in [3.05, 3.63) is 11.1 Å². The maximum Gasteiger partial charge on any atom is 0.341 e. The molecule has 0 N–H and O–H groups in total. The van der Waals surface area contributed by atoms with Crippen LogP contribution < -0.4 is 0 Å². The van der Waals surface area contributed by atoms with Gasteiger partial charge < -0.3 is 4.74 Å². The van der Waals surface area contributed by atoms with Crippen LogP contribution in [0.5, 0.6) is 0 Å². The van der Waals surface area contributed by atoms with Crippen LogP contribution in [0.1, 0.15) is 33.6 Å². The van der Waals surface area contributed by atoms with Crippen LogP contribution in [0.3, 0.4) is 0 Å². The highest BCUT2D eigenvalue weighted by Gasteiger charge is 2.27. The Morgan fingerprint density at radius 3 is 2.38 bits per heavy atom. The van der Waals surface area contributed by atoms with Crippen LogP contribution in [0.25, 0.3) is 0 Å². The molecule has 0 aliphatic heterocycles. The summed E-state index contributed by atoms with van der Waals surface area (Å²) in [6.07, 6.45) is 0.983. The molecular formula is C10H14O3. The molecule has 0 aromatic heterocycles. The van der Waals surface area contributed by atoms with Crippen LogP contribution in [-0.2, 0) is 14.3 Å². The molecule has 0 unspecified atom stereocenters. The molecule has 0 aromatic rings. The molecule has 0 heterocycles. The molecule has 0 spiro atoms. The first-order chi connectivity index (χ1) is 6.02. The van der Waals surface area contributed by atoms with Crippen molar-refractivity contribution in [3.8, 4) is 0 Å². The average Bonchev–Trinajstić information content (AvgIpc) is 2.29. The number of hydrogen-bond donors (Lipinski definition) is 0. The highest BCUT2D eigenvalue weighted by atomic mass is 16.5. The lowest BCUT2D eigenvalue weighted by molar-refractivity contribution is -0.143. The fraction of sp³-hybridized carbons (Fsp3) is 0.600. The molecule has 1 aliphatic carbocycles. The Bertz CT molecular complexity index is 274. The monoisotopic (exact) mass is 182 g/mol. The van der Waals surface area contributed by atoms with Gasteiger partial charge in [0.2, 0.25) is 0 Å². The topological polar surface area (TPSA) is 43.4 Å². The van der Waals surface area contributed by atoms with Gasteiger partial charge in [0.05, 0.1) is 6.10 Å². The maximum atomic E-state index is 11.4. The van der Waals surface area contributed by atoms with E-state index in [1.54, 1.807) is 13.8 Å². The first-order valence-corrected chi connectivity index (χ1v) is 4.46. The van der Waals surface area contributed by atoms with Gasteiger partial charge in [-0.15, -0.1) is 0 Å². The fourth-order valence-corrected chi connectivity index (χ4v) is 1.35. The smallest absolute Gasteiger partial charge is 0.341 e. The molecule has 0 bridgehead atoms. The number of carbonyl (C=O) groups excluding carboxylic acids is 2. The minimum absolute atomic E-state index is 0.0804. The fourth-order valence-electron chi connectivity index (χ4n) is 1.35. The van der Waals surface area contributed by atoms with Crippen molar-refractivity contribution in [2.24, 2.45) is 0 Å². The van der Waals surface area contributed by atoms with Crippen molar-refractivity contribution in [2.45, 2.75) is 39.7 Å². The van der Waals surface area contributed by atoms with E-state index in [1.807, 2.05) is 6.92 Å². The Balaban J connectivity index is 2.76. The zero-order valence-electron chi connectivity index (χ0n) is 8.22. The minimum Gasteiger partial charge on any atom is -0.459 e. The molecule has 1 rings (SSSR count). The third-order valence-corrected chi connectivity index (χ3v) is 1.98. The zero-order valence-corrected chi connectivity index (χ0v) is 8.22. The molecule has 0 radical (unpaired) electrons. The first-order valence-electron chi connectivity index (χ1n) is 4.46. The average molecular weight is 182 g/mol. The van der Waals surface area contributed by atoms with Gasteiger partial charge in [0, 0.05) is 6.42 Å². The molecule has 72 valence electrons. The van der Waals surface area contributed by atoms with E-state index < -0.39 is 5.97 Å². The Morgan fingerprint density at radius 1 is 1.38 bits per heavy atom. The number of Topliss-reactive ketones (excluding diaryl/α,β-unsaturated/α-hetero) is 1. The molecule has 0 amide bonds. The Labute approximate surface area is 77.8 Å². The largest absolute Gasteiger partial charge is 0.459 e. The van der Waals surface area contributed by atoms with E-state index in [2.05, 4.69) is 0 Å². The Morgan fingerprint density at radius 2 is 2.00 bits per heavy atom. The summed E-state index contributed by atoms with van der Waals surface area (Å²) < 4.78 is 4.96. The number of esters is 1. The summed E-state index contributed by atoms with van der Waals surface area (Å²) in [4.78, 5) is 22.6. The summed E-state index contributed by atoms with van der Waals surface area (Å²) in [6, 6.07) is 0. The Hall–Kier alpha value is -1.12. The second kappa shape index (κ2) is 3.73. The van der Waals surface area contributed by atoms with E-state index in [-0.39, 0.29) is 17.5 Å². The van der Waals surface area contributed by atoms with Crippen LogP contribution in [0, 0.1) is 0 Å². The molecule has 0 aromatic carbocycles.